The number of esters is 1. The van der Waals surface area contributed by atoms with Crippen LogP contribution < -0.4 is 9.46 Å². The molecule has 0 aliphatic rings. The van der Waals surface area contributed by atoms with Crippen molar-refractivity contribution in [3.63, 3.8) is 0 Å². The minimum absolute atomic E-state index is 0.261. The van der Waals surface area contributed by atoms with Crippen LogP contribution >= 0.6 is 11.6 Å². The Balaban J connectivity index is 1.64. The van der Waals surface area contributed by atoms with Crippen molar-refractivity contribution in [2.45, 2.75) is 5.09 Å². The van der Waals surface area contributed by atoms with Crippen LogP contribution in [-0.2, 0) is 15.7 Å². The average molecular weight is 442 g/mol. The van der Waals surface area contributed by atoms with Crippen molar-refractivity contribution in [3.8, 4) is 11.5 Å². The maximum atomic E-state index is 12.9. The van der Waals surface area contributed by atoms with E-state index in [0.717, 1.165) is 5.39 Å². The average Bonchev–Trinajstić information content (AvgIpc) is 3.20. The molecule has 0 spiro atoms. The smallest absolute Gasteiger partial charge is 0.341 e. The first kappa shape index (κ1) is 20.0. The molecule has 0 saturated carbocycles. The molecule has 152 valence electrons. The molecule has 8 heteroatoms. The van der Waals surface area contributed by atoms with E-state index in [1.54, 1.807) is 54.6 Å². The summed E-state index contributed by atoms with van der Waals surface area (Å²) in [4.78, 5) is 12.0. The summed E-state index contributed by atoms with van der Waals surface area (Å²) in [7, 11) is -0.410. The normalized spacial score (nSPS) is 11.8. The van der Waals surface area contributed by atoms with E-state index < -0.39 is 17.0 Å². The van der Waals surface area contributed by atoms with Gasteiger partial charge >= 0.3 is 5.97 Å². The summed E-state index contributed by atoms with van der Waals surface area (Å²) in [6.07, 6.45) is 0. The van der Waals surface area contributed by atoms with E-state index in [1.165, 1.54) is 7.11 Å². The van der Waals surface area contributed by atoms with Crippen molar-refractivity contribution in [1.29, 1.82) is 0 Å². The van der Waals surface area contributed by atoms with Crippen LogP contribution in [0.4, 0.5) is 5.69 Å². The van der Waals surface area contributed by atoms with Gasteiger partial charge in [-0.3, -0.25) is 4.72 Å². The van der Waals surface area contributed by atoms with Crippen LogP contribution in [0.5, 0.6) is 11.5 Å². The lowest BCUT2D eigenvalue weighted by Gasteiger charge is -2.14. The van der Waals surface area contributed by atoms with Gasteiger partial charge in [-0.25, -0.2) is 9.00 Å². The van der Waals surface area contributed by atoms with E-state index in [4.69, 9.17) is 25.5 Å². The number of nitrogens with one attached hydrogen (secondary N) is 1. The summed E-state index contributed by atoms with van der Waals surface area (Å²) in [5.74, 6) is 0.101. The highest BCUT2D eigenvalue weighted by molar-refractivity contribution is 7.86. The minimum atomic E-state index is -1.71. The molecule has 0 radical (unpaired) electrons. The fourth-order valence-electron chi connectivity index (χ4n) is 2.82. The van der Waals surface area contributed by atoms with Crippen molar-refractivity contribution in [2.24, 2.45) is 0 Å². The second-order valence-corrected chi connectivity index (χ2v) is 7.78. The molecular formula is C22H16ClNO5S. The molecule has 1 unspecified atom stereocenters. The van der Waals surface area contributed by atoms with Gasteiger partial charge in [-0.15, -0.1) is 0 Å². The molecule has 4 rings (SSSR count). The molecule has 1 N–H and O–H groups in total. The number of furan rings is 1. The molecule has 0 aliphatic heterocycles. The first-order chi connectivity index (χ1) is 14.5. The highest BCUT2D eigenvalue weighted by Gasteiger charge is 2.17. The van der Waals surface area contributed by atoms with Gasteiger partial charge in [0.1, 0.15) is 16.9 Å². The van der Waals surface area contributed by atoms with Crippen molar-refractivity contribution in [3.05, 3.63) is 83.4 Å². The SMILES string of the molecule is COC(=O)c1ccccc1Oc1ccc(Cl)cc1NS(=O)c1cc2ccccc2o1. The Morgan fingerprint density at radius 3 is 2.57 bits per heavy atom. The van der Waals surface area contributed by atoms with E-state index in [-0.39, 0.29) is 10.7 Å². The van der Waals surface area contributed by atoms with E-state index in [2.05, 4.69) is 4.72 Å². The van der Waals surface area contributed by atoms with E-state index in [9.17, 15) is 9.00 Å². The number of fused-ring (bicyclic) bond motifs is 1. The van der Waals surface area contributed by atoms with Gasteiger partial charge in [0, 0.05) is 16.5 Å². The van der Waals surface area contributed by atoms with Gasteiger partial charge < -0.3 is 13.9 Å². The van der Waals surface area contributed by atoms with Gasteiger partial charge in [-0.2, -0.15) is 0 Å². The fraction of sp³-hybridized carbons (Fsp3) is 0.0455. The number of hydrogen-bond donors (Lipinski definition) is 1. The maximum absolute atomic E-state index is 12.9. The number of para-hydroxylation sites is 2. The number of benzene rings is 3. The predicted octanol–water partition coefficient (Wildman–Crippen LogP) is 5.80. The summed E-state index contributed by atoms with van der Waals surface area (Å²) in [6.45, 7) is 0. The number of halogens is 1. The third kappa shape index (κ3) is 4.17. The molecular weight excluding hydrogens is 426 g/mol. The van der Waals surface area contributed by atoms with Crippen molar-refractivity contribution in [2.75, 3.05) is 11.8 Å². The van der Waals surface area contributed by atoms with Crippen LogP contribution in [0.3, 0.4) is 0 Å². The Hall–Kier alpha value is -3.29. The Morgan fingerprint density at radius 2 is 1.77 bits per heavy atom. The van der Waals surface area contributed by atoms with Gasteiger partial charge in [0.2, 0.25) is 5.09 Å². The zero-order valence-corrected chi connectivity index (χ0v) is 17.3. The molecule has 3 aromatic carbocycles. The number of carbonyl (C=O) groups is 1. The van der Waals surface area contributed by atoms with Crippen LogP contribution in [0.2, 0.25) is 5.02 Å². The zero-order chi connectivity index (χ0) is 21.1. The minimum Gasteiger partial charge on any atom is -0.465 e. The molecule has 0 aliphatic carbocycles. The van der Waals surface area contributed by atoms with Crippen LogP contribution in [-0.4, -0.2) is 17.3 Å². The Labute approximate surface area is 180 Å². The molecule has 6 nitrogen and oxygen atoms in total. The topological polar surface area (TPSA) is 77.8 Å². The second-order valence-electron chi connectivity index (χ2n) is 6.20. The molecule has 0 bridgehead atoms. The molecule has 4 aromatic rings. The van der Waals surface area contributed by atoms with Crippen molar-refractivity contribution < 1.29 is 22.9 Å². The lowest BCUT2D eigenvalue weighted by atomic mass is 10.2. The second kappa shape index (κ2) is 8.61. The highest BCUT2D eigenvalue weighted by atomic mass is 35.5. The van der Waals surface area contributed by atoms with E-state index >= 15 is 0 Å². The summed E-state index contributed by atoms with van der Waals surface area (Å²) in [6, 6.07) is 20.6. The molecule has 0 saturated heterocycles. The number of carbonyl (C=O) groups excluding carboxylic acids is 1. The number of rotatable bonds is 6. The van der Waals surface area contributed by atoms with Gasteiger partial charge in [0.15, 0.2) is 16.7 Å². The van der Waals surface area contributed by atoms with Crippen LogP contribution in [0.15, 0.2) is 82.3 Å². The van der Waals surface area contributed by atoms with Crippen molar-refractivity contribution >= 4 is 45.2 Å². The van der Waals surface area contributed by atoms with E-state index in [1.807, 2.05) is 18.2 Å². The monoisotopic (exact) mass is 441 g/mol. The first-order valence-corrected chi connectivity index (χ1v) is 10.4. The zero-order valence-electron chi connectivity index (χ0n) is 15.8. The highest BCUT2D eigenvalue weighted by Crippen LogP contribution is 2.35. The molecule has 0 amide bonds. The predicted molar refractivity (Wildman–Crippen MR) is 116 cm³/mol. The molecule has 30 heavy (non-hydrogen) atoms. The summed E-state index contributed by atoms with van der Waals surface area (Å²) in [5.41, 5.74) is 1.28. The standard InChI is InChI=1S/C22H16ClNO5S/c1-27-22(25)16-7-3-5-9-19(16)28-20-11-10-15(23)13-17(20)24-30(26)21-12-14-6-2-4-8-18(14)29-21/h2-13,24H,1H3. The fourth-order valence-corrected chi connectivity index (χ4v) is 3.85. The van der Waals surface area contributed by atoms with Crippen LogP contribution in [0, 0.1) is 0 Å². The van der Waals surface area contributed by atoms with Gasteiger partial charge in [-0.1, -0.05) is 41.9 Å². The summed E-state index contributed by atoms with van der Waals surface area (Å²) >= 11 is 6.13. The molecule has 1 aromatic heterocycles. The Bertz CT molecular complexity index is 1220. The molecule has 0 fully saturated rings. The summed E-state index contributed by atoms with van der Waals surface area (Å²) in [5, 5.41) is 1.53. The molecule has 1 atom stereocenters. The first-order valence-electron chi connectivity index (χ1n) is 8.87. The van der Waals surface area contributed by atoms with Crippen molar-refractivity contribution in [1.82, 2.24) is 0 Å². The Kier molecular flexibility index (Phi) is 5.74. The lowest BCUT2D eigenvalue weighted by Crippen LogP contribution is -2.06. The molecule has 1 heterocycles. The number of anilines is 1. The quantitative estimate of drug-likeness (QED) is 0.382. The van der Waals surface area contributed by atoms with Gasteiger partial charge in [0.05, 0.1) is 12.8 Å². The van der Waals surface area contributed by atoms with Crippen LogP contribution in [0.25, 0.3) is 11.0 Å². The largest absolute Gasteiger partial charge is 0.465 e. The third-order valence-electron chi connectivity index (χ3n) is 4.24. The Morgan fingerprint density at radius 1 is 1.00 bits per heavy atom. The maximum Gasteiger partial charge on any atom is 0.341 e. The van der Waals surface area contributed by atoms with E-state index in [0.29, 0.717) is 27.8 Å². The number of hydrogen-bond acceptors (Lipinski definition) is 5. The number of ether oxygens (including phenoxy) is 2. The van der Waals surface area contributed by atoms with Crippen LogP contribution in [0.1, 0.15) is 10.4 Å². The number of methoxy groups -OCH3 is 1. The van der Waals surface area contributed by atoms with Gasteiger partial charge in [0.25, 0.3) is 0 Å². The summed E-state index contributed by atoms with van der Waals surface area (Å²) < 4.78 is 32.1. The third-order valence-corrected chi connectivity index (χ3v) is 5.45. The van der Waals surface area contributed by atoms with Gasteiger partial charge in [-0.05, 0) is 36.4 Å². The lowest BCUT2D eigenvalue weighted by molar-refractivity contribution is 0.0598.